The third-order valence-corrected chi connectivity index (χ3v) is 5.74. The standard InChI is InChI=1S/C26H23ClN4O3/c1-26(2)13-12-18-22(34-26)11-10-20(23(18)33-3)31-25(32)28-17-8-9-19-21(14-17)30-24(29-19)15-4-6-16(27)7-5-15/h4-14H,1-3H3,(H,29,30)(H2,28,31,32). The number of nitrogens with zero attached hydrogens (tertiary/aromatic N) is 1. The maximum atomic E-state index is 12.7. The molecule has 0 bridgehead atoms. The molecule has 0 unspecified atom stereocenters. The first-order chi connectivity index (χ1) is 16.3. The van der Waals surface area contributed by atoms with Crippen molar-refractivity contribution in [3.8, 4) is 22.9 Å². The summed E-state index contributed by atoms with van der Waals surface area (Å²) in [5.74, 6) is 1.97. The summed E-state index contributed by atoms with van der Waals surface area (Å²) in [7, 11) is 1.57. The lowest BCUT2D eigenvalue weighted by Gasteiger charge is -2.29. The molecule has 0 spiro atoms. The number of carbonyl (C=O) groups excluding carboxylic acids is 1. The lowest BCUT2D eigenvalue weighted by molar-refractivity contribution is 0.158. The summed E-state index contributed by atoms with van der Waals surface area (Å²) in [5.41, 5.74) is 4.06. The minimum absolute atomic E-state index is 0.396. The average Bonchev–Trinajstić information content (AvgIpc) is 3.22. The summed E-state index contributed by atoms with van der Waals surface area (Å²) < 4.78 is 11.6. The van der Waals surface area contributed by atoms with Gasteiger partial charge in [-0.1, -0.05) is 11.6 Å². The molecule has 3 aromatic carbocycles. The average molecular weight is 475 g/mol. The second-order valence-electron chi connectivity index (χ2n) is 8.50. The topological polar surface area (TPSA) is 88.3 Å². The fourth-order valence-corrected chi connectivity index (χ4v) is 3.99. The molecule has 1 aromatic heterocycles. The van der Waals surface area contributed by atoms with E-state index in [9.17, 15) is 4.79 Å². The van der Waals surface area contributed by atoms with E-state index >= 15 is 0 Å². The maximum Gasteiger partial charge on any atom is 0.323 e. The van der Waals surface area contributed by atoms with E-state index in [1.165, 1.54) is 0 Å². The predicted octanol–water partition coefficient (Wildman–Crippen LogP) is 6.72. The summed E-state index contributed by atoms with van der Waals surface area (Å²) >= 11 is 5.98. The van der Waals surface area contributed by atoms with Crippen LogP contribution in [0.15, 0.2) is 60.7 Å². The van der Waals surface area contributed by atoms with Gasteiger partial charge in [-0.15, -0.1) is 0 Å². The molecule has 1 aliphatic heterocycles. The highest BCUT2D eigenvalue weighted by molar-refractivity contribution is 6.30. The van der Waals surface area contributed by atoms with E-state index in [2.05, 4.69) is 20.6 Å². The van der Waals surface area contributed by atoms with E-state index in [1.807, 2.05) is 74.5 Å². The second-order valence-corrected chi connectivity index (χ2v) is 8.94. The number of fused-ring (bicyclic) bond motifs is 2. The Bertz CT molecular complexity index is 1420. The van der Waals surface area contributed by atoms with E-state index in [0.29, 0.717) is 27.9 Å². The third kappa shape index (κ3) is 4.30. The molecule has 0 atom stereocenters. The van der Waals surface area contributed by atoms with Crippen LogP contribution in [0.2, 0.25) is 5.02 Å². The smallest absolute Gasteiger partial charge is 0.323 e. The van der Waals surface area contributed by atoms with Crippen molar-refractivity contribution in [2.24, 2.45) is 0 Å². The minimum atomic E-state index is -0.400. The van der Waals surface area contributed by atoms with Gasteiger partial charge in [0.25, 0.3) is 0 Å². The highest BCUT2D eigenvalue weighted by Gasteiger charge is 2.25. The number of ether oxygens (including phenoxy) is 2. The van der Waals surface area contributed by atoms with Gasteiger partial charge in [0.05, 0.1) is 29.4 Å². The van der Waals surface area contributed by atoms with Crippen molar-refractivity contribution in [1.82, 2.24) is 9.97 Å². The monoisotopic (exact) mass is 474 g/mol. The summed E-state index contributed by atoms with van der Waals surface area (Å²) in [6, 6.07) is 16.1. The van der Waals surface area contributed by atoms with Gasteiger partial charge >= 0.3 is 6.03 Å². The second kappa shape index (κ2) is 8.43. The molecule has 0 fully saturated rings. The van der Waals surface area contributed by atoms with Crippen LogP contribution in [0.3, 0.4) is 0 Å². The van der Waals surface area contributed by atoms with Gasteiger partial charge in [-0.2, -0.15) is 0 Å². The Balaban J connectivity index is 1.34. The summed E-state index contributed by atoms with van der Waals surface area (Å²) in [6.45, 7) is 3.96. The molecular formula is C26H23ClN4O3. The third-order valence-electron chi connectivity index (χ3n) is 5.49. The van der Waals surface area contributed by atoms with Gasteiger partial charge in [0.15, 0.2) is 5.75 Å². The van der Waals surface area contributed by atoms with Crippen LogP contribution in [0.1, 0.15) is 19.4 Å². The molecule has 4 aromatic rings. The van der Waals surface area contributed by atoms with Crippen molar-refractivity contribution < 1.29 is 14.3 Å². The number of benzene rings is 3. The van der Waals surface area contributed by atoms with E-state index in [4.69, 9.17) is 21.1 Å². The number of nitrogens with one attached hydrogen (secondary N) is 3. The molecule has 172 valence electrons. The molecular weight excluding hydrogens is 452 g/mol. The molecule has 0 radical (unpaired) electrons. The summed E-state index contributed by atoms with van der Waals surface area (Å²) in [6.07, 6.45) is 3.91. The fraction of sp³-hybridized carbons (Fsp3) is 0.154. The molecule has 7 nitrogen and oxygen atoms in total. The van der Waals surface area contributed by atoms with Crippen LogP contribution in [0.25, 0.3) is 28.5 Å². The zero-order valence-electron chi connectivity index (χ0n) is 18.9. The van der Waals surface area contributed by atoms with Gasteiger partial charge in [0, 0.05) is 16.3 Å². The Kier molecular flexibility index (Phi) is 5.42. The van der Waals surface area contributed by atoms with E-state index in [1.54, 1.807) is 13.2 Å². The lowest BCUT2D eigenvalue weighted by atomic mass is 10.0. The highest BCUT2D eigenvalue weighted by Crippen LogP contribution is 2.41. The van der Waals surface area contributed by atoms with Crippen LogP contribution in [-0.2, 0) is 0 Å². The van der Waals surface area contributed by atoms with Crippen LogP contribution in [-0.4, -0.2) is 28.7 Å². The molecule has 34 heavy (non-hydrogen) atoms. The molecule has 0 saturated carbocycles. The lowest BCUT2D eigenvalue weighted by Crippen LogP contribution is -2.27. The Morgan fingerprint density at radius 3 is 2.65 bits per heavy atom. The number of imidazole rings is 1. The van der Waals surface area contributed by atoms with Gasteiger partial charge in [-0.05, 0) is 80.6 Å². The van der Waals surface area contributed by atoms with Crippen LogP contribution in [0.4, 0.5) is 16.2 Å². The Labute approximate surface area is 201 Å². The van der Waals surface area contributed by atoms with Crippen LogP contribution < -0.4 is 20.1 Å². The Morgan fingerprint density at radius 2 is 1.88 bits per heavy atom. The highest BCUT2D eigenvalue weighted by atomic mass is 35.5. The molecule has 2 amide bonds. The largest absolute Gasteiger partial charge is 0.494 e. The first kappa shape index (κ1) is 21.9. The Hall–Kier alpha value is -3.97. The van der Waals surface area contributed by atoms with Gasteiger partial charge in [-0.3, -0.25) is 0 Å². The maximum absolute atomic E-state index is 12.7. The van der Waals surface area contributed by atoms with E-state index in [-0.39, 0.29) is 0 Å². The zero-order valence-corrected chi connectivity index (χ0v) is 19.7. The number of amides is 2. The van der Waals surface area contributed by atoms with Crippen LogP contribution in [0, 0.1) is 0 Å². The van der Waals surface area contributed by atoms with E-state index in [0.717, 1.165) is 28.0 Å². The number of aromatic amines is 1. The number of anilines is 2. The van der Waals surface area contributed by atoms with Crippen molar-refractivity contribution in [2.75, 3.05) is 17.7 Å². The molecule has 1 aliphatic rings. The first-order valence-corrected chi connectivity index (χ1v) is 11.1. The molecule has 0 aliphatic carbocycles. The number of aromatic nitrogens is 2. The van der Waals surface area contributed by atoms with Gasteiger partial charge < -0.3 is 25.1 Å². The van der Waals surface area contributed by atoms with Crippen molar-refractivity contribution in [2.45, 2.75) is 19.4 Å². The summed E-state index contributed by atoms with van der Waals surface area (Å²) in [5, 5.41) is 6.38. The minimum Gasteiger partial charge on any atom is -0.494 e. The number of urea groups is 1. The molecule has 3 N–H and O–H groups in total. The van der Waals surface area contributed by atoms with Gasteiger partial charge in [-0.25, -0.2) is 9.78 Å². The quantitative estimate of drug-likeness (QED) is 0.306. The summed E-state index contributed by atoms with van der Waals surface area (Å²) in [4.78, 5) is 20.7. The molecule has 8 heteroatoms. The number of hydrogen-bond donors (Lipinski definition) is 3. The number of H-pyrrole nitrogens is 1. The predicted molar refractivity (Wildman–Crippen MR) is 136 cm³/mol. The normalized spacial score (nSPS) is 13.8. The fourth-order valence-electron chi connectivity index (χ4n) is 3.86. The van der Waals surface area contributed by atoms with Crippen LogP contribution in [0.5, 0.6) is 11.5 Å². The number of carbonyl (C=O) groups is 1. The number of rotatable bonds is 4. The van der Waals surface area contributed by atoms with Crippen molar-refractivity contribution in [1.29, 1.82) is 0 Å². The number of hydrogen-bond acceptors (Lipinski definition) is 4. The van der Waals surface area contributed by atoms with Crippen LogP contribution >= 0.6 is 11.6 Å². The number of halogens is 1. The SMILES string of the molecule is COc1c(NC(=O)Nc2ccc3[nH]c(-c4ccc(Cl)cc4)nc3c2)ccc2c1C=CC(C)(C)O2. The van der Waals surface area contributed by atoms with Crippen molar-refractivity contribution in [3.05, 3.63) is 71.3 Å². The first-order valence-electron chi connectivity index (χ1n) is 10.7. The van der Waals surface area contributed by atoms with Gasteiger partial charge in [0.1, 0.15) is 17.2 Å². The zero-order chi connectivity index (χ0) is 23.9. The molecule has 2 heterocycles. The van der Waals surface area contributed by atoms with E-state index < -0.39 is 11.6 Å². The van der Waals surface area contributed by atoms with Gasteiger partial charge in [0.2, 0.25) is 0 Å². The van der Waals surface area contributed by atoms with Crippen molar-refractivity contribution in [3.63, 3.8) is 0 Å². The number of methoxy groups -OCH3 is 1. The Morgan fingerprint density at radius 1 is 1.09 bits per heavy atom. The molecule has 5 rings (SSSR count). The molecule has 0 saturated heterocycles. The van der Waals surface area contributed by atoms with Crippen molar-refractivity contribution >= 4 is 46.1 Å².